The van der Waals surface area contributed by atoms with Gasteiger partial charge in [-0.2, -0.15) is 0 Å². The molecule has 0 radical (unpaired) electrons. The van der Waals surface area contributed by atoms with Crippen LogP contribution >= 0.6 is 0 Å². The second-order valence-electron chi connectivity index (χ2n) is 3.92. The van der Waals surface area contributed by atoms with Gasteiger partial charge >= 0.3 is 0 Å². The van der Waals surface area contributed by atoms with Gasteiger partial charge in [0.25, 0.3) is 0 Å². The van der Waals surface area contributed by atoms with Crippen molar-refractivity contribution in [2.24, 2.45) is 16.6 Å². The van der Waals surface area contributed by atoms with Gasteiger partial charge < -0.3 is 11.1 Å². The first-order valence-electron chi connectivity index (χ1n) is 5.17. The van der Waals surface area contributed by atoms with Crippen molar-refractivity contribution in [3.63, 3.8) is 0 Å². The topological polar surface area (TPSA) is 50.4 Å². The van der Waals surface area contributed by atoms with Crippen LogP contribution in [-0.4, -0.2) is 12.5 Å². The Balaban J connectivity index is 2.01. The van der Waals surface area contributed by atoms with Gasteiger partial charge in [-0.25, -0.2) is 8.78 Å². The first-order valence-corrected chi connectivity index (χ1v) is 5.17. The van der Waals surface area contributed by atoms with Crippen LogP contribution in [0.25, 0.3) is 0 Å². The van der Waals surface area contributed by atoms with Crippen molar-refractivity contribution in [1.82, 2.24) is 0 Å². The minimum atomic E-state index is -0.550. The van der Waals surface area contributed by atoms with Crippen LogP contribution in [0, 0.1) is 17.6 Å². The van der Waals surface area contributed by atoms with E-state index in [1.807, 2.05) is 0 Å². The van der Waals surface area contributed by atoms with Crippen LogP contribution in [0.5, 0.6) is 0 Å². The second-order valence-corrected chi connectivity index (χ2v) is 3.92. The molecule has 1 aliphatic carbocycles. The van der Waals surface area contributed by atoms with E-state index in [-0.39, 0.29) is 11.6 Å². The number of nitrogens with two attached hydrogens (primary N) is 1. The average molecular weight is 225 g/mol. The van der Waals surface area contributed by atoms with E-state index >= 15 is 0 Å². The summed E-state index contributed by atoms with van der Waals surface area (Å²) < 4.78 is 26.0. The third kappa shape index (κ3) is 2.92. The number of hydrogen-bond acceptors (Lipinski definition) is 1. The number of nitrogens with zero attached hydrogens (tertiary/aromatic N) is 1. The lowest BCUT2D eigenvalue weighted by Gasteiger charge is -2.06. The van der Waals surface area contributed by atoms with Crippen molar-refractivity contribution >= 4 is 11.6 Å². The van der Waals surface area contributed by atoms with Gasteiger partial charge in [0.15, 0.2) is 5.96 Å². The highest BCUT2D eigenvalue weighted by atomic mass is 19.1. The highest BCUT2D eigenvalue weighted by molar-refractivity contribution is 5.92. The number of aliphatic imine (C=N–C) groups is 1. The van der Waals surface area contributed by atoms with Crippen LogP contribution in [0.15, 0.2) is 23.2 Å². The zero-order valence-electron chi connectivity index (χ0n) is 8.71. The van der Waals surface area contributed by atoms with E-state index in [1.54, 1.807) is 0 Å². The van der Waals surface area contributed by atoms with Crippen LogP contribution < -0.4 is 11.1 Å². The fourth-order valence-corrected chi connectivity index (χ4v) is 1.30. The van der Waals surface area contributed by atoms with Gasteiger partial charge in [0.05, 0.1) is 5.69 Å². The molecule has 3 N–H and O–H groups in total. The Morgan fingerprint density at radius 3 is 2.88 bits per heavy atom. The summed E-state index contributed by atoms with van der Waals surface area (Å²) in [6.07, 6.45) is 2.34. The highest BCUT2D eigenvalue weighted by Gasteiger charge is 2.20. The molecule has 5 heteroatoms. The van der Waals surface area contributed by atoms with Crippen LogP contribution in [0.4, 0.5) is 14.5 Å². The summed E-state index contributed by atoms with van der Waals surface area (Å²) in [5.74, 6) is -0.334. The molecule has 0 unspecified atom stereocenters. The predicted molar refractivity (Wildman–Crippen MR) is 59.2 cm³/mol. The Morgan fingerprint density at radius 2 is 2.19 bits per heavy atom. The molecule has 0 aliphatic heterocycles. The Kier molecular flexibility index (Phi) is 3.03. The fraction of sp³-hybridized carbons (Fsp3) is 0.364. The first-order chi connectivity index (χ1) is 7.65. The molecule has 1 aromatic rings. The summed E-state index contributed by atoms with van der Waals surface area (Å²) in [6, 6.07) is 3.15. The molecular formula is C11H13F2N3. The molecule has 0 bridgehead atoms. The molecule has 86 valence electrons. The van der Waals surface area contributed by atoms with Gasteiger partial charge in [-0.05, 0) is 30.9 Å². The maximum absolute atomic E-state index is 13.2. The van der Waals surface area contributed by atoms with Gasteiger partial charge in [-0.15, -0.1) is 0 Å². The zero-order valence-corrected chi connectivity index (χ0v) is 8.71. The molecule has 0 saturated heterocycles. The maximum atomic E-state index is 13.2. The maximum Gasteiger partial charge on any atom is 0.193 e. The molecule has 1 fully saturated rings. The Bertz CT molecular complexity index is 414. The summed E-state index contributed by atoms with van der Waals surface area (Å²) in [5, 5.41) is 2.55. The third-order valence-electron chi connectivity index (χ3n) is 2.41. The van der Waals surface area contributed by atoms with Crippen molar-refractivity contribution in [2.75, 3.05) is 11.9 Å². The highest BCUT2D eigenvalue weighted by Crippen LogP contribution is 2.28. The van der Waals surface area contributed by atoms with E-state index < -0.39 is 11.6 Å². The molecule has 0 amide bonds. The van der Waals surface area contributed by atoms with Crippen LogP contribution in [0.2, 0.25) is 0 Å². The van der Waals surface area contributed by atoms with Gasteiger partial charge in [0.1, 0.15) is 11.6 Å². The summed E-state index contributed by atoms with van der Waals surface area (Å²) in [4.78, 5) is 4.05. The molecule has 0 atom stereocenters. The van der Waals surface area contributed by atoms with Gasteiger partial charge in [0.2, 0.25) is 0 Å². The number of guanidine groups is 1. The molecule has 0 spiro atoms. The fourth-order valence-electron chi connectivity index (χ4n) is 1.30. The van der Waals surface area contributed by atoms with E-state index in [4.69, 9.17) is 5.73 Å². The number of anilines is 1. The summed E-state index contributed by atoms with van der Waals surface area (Å²) >= 11 is 0. The molecule has 3 nitrogen and oxygen atoms in total. The van der Waals surface area contributed by atoms with Gasteiger partial charge in [0, 0.05) is 12.6 Å². The van der Waals surface area contributed by atoms with Crippen LogP contribution in [-0.2, 0) is 0 Å². The number of halogens is 2. The number of hydrogen-bond donors (Lipinski definition) is 2. The lowest BCUT2D eigenvalue weighted by Crippen LogP contribution is -2.23. The van der Waals surface area contributed by atoms with Crippen molar-refractivity contribution in [3.8, 4) is 0 Å². The molecule has 0 aromatic heterocycles. The summed E-state index contributed by atoms with van der Waals surface area (Å²) in [5.41, 5.74) is 5.56. The molecule has 2 rings (SSSR count). The van der Waals surface area contributed by atoms with E-state index in [9.17, 15) is 8.78 Å². The quantitative estimate of drug-likeness (QED) is 0.611. The minimum Gasteiger partial charge on any atom is -0.370 e. The van der Waals surface area contributed by atoms with Crippen molar-refractivity contribution < 1.29 is 8.78 Å². The smallest absolute Gasteiger partial charge is 0.193 e. The molecular weight excluding hydrogens is 212 g/mol. The lowest BCUT2D eigenvalue weighted by molar-refractivity contribution is 0.604. The lowest BCUT2D eigenvalue weighted by atomic mass is 10.3. The second kappa shape index (κ2) is 4.47. The molecule has 1 saturated carbocycles. The SMILES string of the molecule is NC(=NCC1CC1)Nc1cc(F)ccc1F. The number of nitrogens with one attached hydrogen (secondary N) is 1. The Labute approximate surface area is 92.4 Å². The number of rotatable bonds is 3. The standard InChI is InChI=1S/C11H13F2N3/c12-8-3-4-9(13)10(5-8)16-11(14)15-6-7-1-2-7/h3-5,7H,1-2,6H2,(H3,14,15,16). The molecule has 1 aliphatic rings. The zero-order chi connectivity index (χ0) is 11.5. The van der Waals surface area contributed by atoms with Crippen molar-refractivity contribution in [1.29, 1.82) is 0 Å². The van der Waals surface area contributed by atoms with Gasteiger partial charge in [-0.3, -0.25) is 4.99 Å². The van der Waals surface area contributed by atoms with E-state index in [1.165, 1.54) is 12.8 Å². The molecule has 1 aromatic carbocycles. The monoisotopic (exact) mass is 225 g/mol. The van der Waals surface area contributed by atoms with Gasteiger partial charge in [-0.1, -0.05) is 0 Å². The van der Waals surface area contributed by atoms with Crippen molar-refractivity contribution in [3.05, 3.63) is 29.8 Å². The van der Waals surface area contributed by atoms with E-state index in [2.05, 4.69) is 10.3 Å². The molecule has 0 heterocycles. The minimum absolute atomic E-state index is 0.0112. The average Bonchev–Trinajstić information content (AvgIpc) is 3.04. The number of benzene rings is 1. The normalized spacial score (nSPS) is 16.2. The van der Waals surface area contributed by atoms with Crippen LogP contribution in [0.1, 0.15) is 12.8 Å². The van der Waals surface area contributed by atoms with E-state index in [0.29, 0.717) is 12.5 Å². The third-order valence-corrected chi connectivity index (χ3v) is 2.41. The largest absolute Gasteiger partial charge is 0.370 e. The predicted octanol–water partition coefficient (Wildman–Crippen LogP) is 2.10. The summed E-state index contributed by atoms with van der Waals surface area (Å²) in [7, 11) is 0. The summed E-state index contributed by atoms with van der Waals surface area (Å²) in [6.45, 7) is 0.649. The Morgan fingerprint density at radius 1 is 1.44 bits per heavy atom. The van der Waals surface area contributed by atoms with Crippen molar-refractivity contribution in [2.45, 2.75) is 12.8 Å². The first kappa shape index (κ1) is 10.9. The molecule has 16 heavy (non-hydrogen) atoms. The Hall–Kier alpha value is -1.65. The van der Waals surface area contributed by atoms with E-state index in [0.717, 1.165) is 18.2 Å². The van der Waals surface area contributed by atoms with Crippen LogP contribution in [0.3, 0.4) is 0 Å².